The average molecular weight is 498 g/mol. The van der Waals surface area contributed by atoms with Crippen LogP contribution < -0.4 is 5.32 Å². The van der Waals surface area contributed by atoms with E-state index in [1.165, 1.54) is 0 Å². The maximum Gasteiger partial charge on any atom is 0.338 e. The first kappa shape index (κ1) is 25.7. The molecule has 0 saturated heterocycles. The molecular weight excluding hydrogens is 466 g/mol. The number of hydrogen-bond donors (Lipinski definition) is 2. The van der Waals surface area contributed by atoms with E-state index in [4.69, 9.17) is 4.74 Å². The van der Waals surface area contributed by atoms with Gasteiger partial charge in [0, 0.05) is 12.1 Å². The van der Waals surface area contributed by atoms with Crippen molar-refractivity contribution in [2.24, 2.45) is 0 Å². The Morgan fingerprint density at radius 3 is 2.46 bits per heavy atom. The Balaban J connectivity index is 1.64. The molecule has 0 aliphatic heterocycles. The van der Waals surface area contributed by atoms with Gasteiger partial charge in [0.25, 0.3) is 0 Å². The molecule has 37 heavy (non-hydrogen) atoms. The molecule has 0 fully saturated rings. The predicted octanol–water partition coefficient (Wildman–Crippen LogP) is 6.19. The highest BCUT2D eigenvalue weighted by Gasteiger charge is 2.19. The molecule has 0 saturated carbocycles. The summed E-state index contributed by atoms with van der Waals surface area (Å²) in [5, 5.41) is 12.8. The van der Waals surface area contributed by atoms with Gasteiger partial charge in [-0.2, -0.15) is 0 Å². The molecule has 0 amide bonds. The zero-order chi connectivity index (χ0) is 26.2. The number of nitrogens with zero attached hydrogens (tertiary/aromatic N) is 2. The second kappa shape index (κ2) is 12.0. The van der Waals surface area contributed by atoms with E-state index in [1.54, 1.807) is 36.5 Å². The molecule has 2 N–H and O–H groups in total. The molecule has 0 bridgehead atoms. The molecule has 0 atom stereocenters. The van der Waals surface area contributed by atoms with Crippen LogP contribution in [0.4, 0.5) is 5.69 Å². The molecule has 0 aliphatic carbocycles. The third kappa shape index (κ3) is 6.06. The Hall–Kier alpha value is -4.39. The van der Waals surface area contributed by atoms with Crippen molar-refractivity contribution in [2.75, 3.05) is 5.32 Å². The maximum absolute atomic E-state index is 13.0. The van der Waals surface area contributed by atoms with Gasteiger partial charge < -0.3 is 15.2 Å². The monoisotopic (exact) mass is 497 g/mol. The van der Waals surface area contributed by atoms with Crippen LogP contribution in [0.15, 0.2) is 79.0 Å². The van der Waals surface area contributed by atoms with Gasteiger partial charge in [0.1, 0.15) is 12.4 Å². The lowest BCUT2D eigenvalue weighted by Crippen LogP contribution is -2.14. The molecule has 1 heterocycles. The number of benzene rings is 3. The number of carboxylic acids is 1. The highest BCUT2D eigenvalue weighted by atomic mass is 16.5. The number of carbonyl (C=O) groups is 2. The summed E-state index contributed by atoms with van der Waals surface area (Å²) in [6, 6.07) is 22.0. The number of aromatic nitrogens is 2. The van der Waals surface area contributed by atoms with Crippen molar-refractivity contribution in [1.29, 1.82) is 0 Å². The molecule has 0 spiro atoms. The van der Waals surface area contributed by atoms with Gasteiger partial charge >= 0.3 is 11.9 Å². The van der Waals surface area contributed by atoms with Crippen LogP contribution in [0.25, 0.3) is 5.69 Å². The first-order chi connectivity index (χ1) is 18.0. The molecule has 3 aromatic carbocycles. The molecule has 0 unspecified atom stereocenters. The molecule has 0 aliphatic rings. The van der Waals surface area contributed by atoms with E-state index in [9.17, 15) is 14.7 Å². The second-order valence-electron chi connectivity index (χ2n) is 8.82. The third-order valence-electron chi connectivity index (χ3n) is 6.26. The minimum absolute atomic E-state index is 0.203. The molecule has 4 rings (SSSR count). The zero-order valence-electron chi connectivity index (χ0n) is 21.1. The fourth-order valence-electron chi connectivity index (χ4n) is 4.26. The van der Waals surface area contributed by atoms with E-state index in [0.29, 0.717) is 17.8 Å². The zero-order valence-corrected chi connectivity index (χ0v) is 21.1. The standard InChI is InChI=1S/C30H31N3O4/c1-3-4-17-28-32-19-23(18-31-26-15-9-8-13-25(26)29(34)35)33(28)27-16-10-14-24(21(27)2)30(36)37-20-22-11-6-5-7-12-22/h5-16,19,31H,3-4,17-18,20H2,1-2H3,(H,34,35). The van der Waals surface area contributed by atoms with Crippen LogP contribution in [0.3, 0.4) is 0 Å². The predicted molar refractivity (Wildman–Crippen MR) is 143 cm³/mol. The first-order valence-electron chi connectivity index (χ1n) is 12.4. The summed E-state index contributed by atoms with van der Waals surface area (Å²) in [4.78, 5) is 29.3. The van der Waals surface area contributed by atoms with E-state index in [0.717, 1.165) is 47.6 Å². The van der Waals surface area contributed by atoms with E-state index in [-0.39, 0.29) is 18.1 Å². The summed E-state index contributed by atoms with van der Waals surface area (Å²) in [7, 11) is 0. The van der Waals surface area contributed by atoms with Gasteiger partial charge in [0.2, 0.25) is 0 Å². The van der Waals surface area contributed by atoms with Gasteiger partial charge in [-0.1, -0.05) is 61.9 Å². The fraction of sp³-hybridized carbons (Fsp3) is 0.233. The van der Waals surface area contributed by atoms with Crippen molar-refractivity contribution >= 4 is 17.6 Å². The van der Waals surface area contributed by atoms with E-state index < -0.39 is 5.97 Å². The lowest BCUT2D eigenvalue weighted by atomic mass is 10.1. The lowest BCUT2D eigenvalue weighted by Gasteiger charge is -2.18. The number of hydrogen-bond acceptors (Lipinski definition) is 5. The number of unbranched alkanes of at least 4 members (excludes halogenated alkanes) is 1. The van der Waals surface area contributed by atoms with Crippen LogP contribution in [0.2, 0.25) is 0 Å². The number of carboxylic acid groups (broad SMARTS) is 1. The van der Waals surface area contributed by atoms with E-state index in [1.807, 2.05) is 49.4 Å². The van der Waals surface area contributed by atoms with Gasteiger partial charge in [-0.15, -0.1) is 0 Å². The smallest absolute Gasteiger partial charge is 0.338 e. The molecule has 190 valence electrons. The fourth-order valence-corrected chi connectivity index (χ4v) is 4.26. The summed E-state index contributed by atoms with van der Waals surface area (Å²) in [5.41, 5.74) is 4.68. The summed E-state index contributed by atoms with van der Waals surface area (Å²) in [6.45, 7) is 4.61. The van der Waals surface area contributed by atoms with Crippen LogP contribution >= 0.6 is 0 Å². The molecular formula is C30H31N3O4. The highest BCUT2D eigenvalue weighted by molar-refractivity contribution is 5.94. The number of rotatable bonds is 11. The van der Waals surface area contributed by atoms with Crippen molar-refractivity contribution in [2.45, 2.75) is 46.3 Å². The maximum atomic E-state index is 13.0. The van der Waals surface area contributed by atoms with E-state index in [2.05, 4.69) is 21.8 Å². The number of nitrogens with one attached hydrogen (secondary N) is 1. The molecule has 7 nitrogen and oxygen atoms in total. The van der Waals surface area contributed by atoms with Crippen LogP contribution in [0.5, 0.6) is 0 Å². The van der Waals surface area contributed by atoms with Gasteiger partial charge in [-0.05, 0) is 48.7 Å². The van der Waals surface area contributed by atoms with Crippen LogP contribution in [0.1, 0.15) is 63.1 Å². The van der Waals surface area contributed by atoms with Gasteiger partial charge in [-0.25, -0.2) is 14.6 Å². The van der Waals surface area contributed by atoms with E-state index >= 15 is 0 Å². The minimum atomic E-state index is -0.988. The van der Waals surface area contributed by atoms with Crippen molar-refractivity contribution in [3.05, 3.63) is 113 Å². The molecule has 0 radical (unpaired) electrons. The summed E-state index contributed by atoms with van der Waals surface area (Å²) >= 11 is 0. The number of aryl methyl sites for hydroxylation is 1. The lowest BCUT2D eigenvalue weighted by molar-refractivity contribution is 0.0471. The van der Waals surface area contributed by atoms with Gasteiger partial charge in [0.15, 0.2) is 0 Å². The topological polar surface area (TPSA) is 93.5 Å². The normalized spacial score (nSPS) is 10.8. The first-order valence-corrected chi connectivity index (χ1v) is 12.4. The van der Waals surface area contributed by atoms with Crippen molar-refractivity contribution in [1.82, 2.24) is 9.55 Å². The Kier molecular flexibility index (Phi) is 8.36. The molecule has 1 aromatic heterocycles. The van der Waals surface area contributed by atoms with Gasteiger partial charge in [0.05, 0.1) is 35.2 Å². The number of carbonyl (C=O) groups excluding carboxylic acids is 1. The number of imidazole rings is 1. The summed E-state index contributed by atoms with van der Waals surface area (Å²) in [5.74, 6) is -0.477. The van der Waals surface area contributed by atoms with Crippen LogP contribution in [-0.4, -0.2) is 26.6 Å². The SMILES string of the molecule is CCCCc1ncc(CNc2ccccc2C(=O)O)n1-c1cccc(C(=O)OCc2ccccc2)c1C. The Bertz CT molecular complexity index is 1380. The highest BCUT2D eigenvalue weighted by Crippen LogP contribution is 2.25. The quantitative estimate of drug-likeness (QED) is 0.240. The summed E-state index contributed by atoms with van der Waals surface area (Å²) < 4.78 is 7.67. The van der Waals surface area contributed by atoms with Crippen molar-refractivity contribution in [3.8, 4) is 5.69 Å². The third-order valence-corrected chi connectivity index (χ3v) is 6.26. The summed E-state index contributed by atoms with van der Waals surface area (Å²) in [6.07, 6.45) is 4.59. The van der Waals surface area contributed by atoms with Crippen LogP contribution in [0, 0.1) is 6.92 Å². The minimum Gasteiger partial charge on any atom is -0.478 e. The number of anilines is 1. The van der Waals surface area contributed by atoms with Gasteiger partial charge in [-0.3, -0.25) is 4.57 Å². The Morgan fingerprint density at radius 1 is 0.973 bits per heavy atom. The molecule has 4 aromatic rings. The number of ether oxygens (including phenoxy) is 1. The number of aromatic carboxylic acids is 1. The number of para-hydroxylation sites is 1. The van der Waals surface area contributed by atoms with Crippen LogP contribution in [-0.2, 0) is 24.3 Å². The Labute approximate surface area is 216 Å². The average Bonchev–Trinajstić information content (AvgIpc) is 3.32. The largest absolute Gasteiger partial charge is 0.478 e. The second-order valence-corrected chi connectivity index (χ2v) is 8.82. The van der Waals surface area contributed by atoms with Crippen molar-refractivity contribution in [3.63, 3.8) is 0 Å². The number of esters is 1. The Morgan fingerprint density at radius 2 is 1.70 bits per heavy atom. The van der Waals surface area contributed by atoms with Crippen molar-refractivity contribution < 1.29 is 19.4 Å². The molecule has 7 heteroatoms.